The van der Waals surface area contributed by atoms with Gasteiger partial charge in [-0.15, -0.1) is 0 Å². The first kappa shape index (κ1) is 23.5. The summed E-state index contributed by atoms with van der Waals surface area (Å²) in [4.78, 5) is 9.80. The van der Waals surface area contributed by atoms with E-state index in [1.54, 1.807) is 0 Å². The van der Waals surface area contributed by atoms with E-state index in [1.165, 1.54) is 0 Å². The number of rotatable bonds is 6. The average molecular weight is 410 g/mol. The summed E-state index contributed by atoms with van der Waals surface area (Å²) in [6.07, 6.45) is -7.03. The first-order valence-corrected chi connectivity index (χ1v) is 5.32. The molecule has 0 aromatic carbocycles. The van der Waals surface area contributed by atoms with E-state index >= 15 is 0 Å². The van der Waals surface area contributed by atoms with E-state index in [0.717, 1.165) is 0 Å². The van der Waals surface area contributed by atoms with Crippen LogP contribution in [0.5, 0.6) is 0 Å². The Balaban J connectivity index is 6.55. The molecular formula is C9H4F14O2. The minimum atomic E-state index is -8.12. The fraction of sp³-hybridized carbons (Fsp3) is 0.889. The zero-order chi connectivity index (χ0) is 21.1. The molecule has 1 N–H and O–H groups in total. The van der Waals surface area contributed by atoms with Gasteiger partial charge in [0.1, 0.15) is 0 Å². The van der Waals surface area contributed by atoms with Gasteiger partial charge in [0.25, 0.3) is 5.67 Å². The van der Waals surface area contributed by atoms with Crippen molar-refractivity contribution in [3.8, 4) is 0 Å². The third-order valence-corrected chi connectivity index (χ3v) is 2.97. The molecule has 0 fully saturated rings. The number of carbonyl (C=O) groups is 1. The predicted octanol–water partition coefficient (Wildman–Crippen LogP) is 4.54. The van der Waals surface area contributed by atoms with Crippen molar-refractivity contribution in [2.45, 2.75) is 48.4 Å². The van der Waals surface area contributed by atoms with Crippen molar-refractivity contribution in [1.82, 2.24) is 0 Å². The van der Waals surface area contributed by atoms with Gasteiger partial charge in [-0.2, -0.15) is 57.1 Å². The lowest BCUT2D eigenvalue weighted by Gasteiger charge is -2.42. The summed E-state index contributed by atoms with van der Waals surface area (Å²) >= 11 is 0. The summed E-state index contributed by atoms with van der Waals surface area (Å²) in [5.41, 5.74) is -6.58. The molecule has 0 aliphatic heterocycles. The van der Waals surface area contributed by atoms with Crippen LogP contribution in [0.1, 0.15) is 6.92 Å². The summed E-state index contributed by atoms with van der Waals surface area (Å²) in [6, 6.07) is 0. The Bertz CT molecular complexity index is 531. The number of carboxylic acids is 1. The van der Waals surface area contributed by atoms with E-state index < -0.39 is 54.4 Å². The molecule has 150 valence electrons. The van der Waals surface area contributed by atoms with Gasteiger partial charge in [-0.25, -0.2) is 9.18 Å². The monoisotopic (exact) mass is 410 g/mol. The van der Waals surface area contributed by atoms with Crippen LogP contribution in [0, 0.1) is 0 Å². The van der Waals surface area contributed by atoms with Crippen LogP contribution in [0.2, 0.25) is 0 Å². The molecule has 1 unspecified atom stereocenters. The Hall–Kier alpha value is -1.51. The first-order valence-electron chi connectivity index (χ1n) is 5.32. The zero-order valence-corrected chi connectivity index (χ0v) is 11.1. The normalized spacial score (nSPS) is 18.0. The summed E-state index contributed by atoms with van der Waals surface area (Å²) < 4.78 is 178. The fourth-order valence-corrected chi connectivity index (χ4v) is 1.20. The molecule has 0 saturated carbocycles. The molecule has 0 aromatic heterocycles. The standard InChI is InChI=1S/C9H4F14O2/c1-3(10,9(21,22)23)5(13,14)7(17,18)8(19,20)6(15,16)4(11,12)2(24)25/h1H3,(H,24,25). The van der Waals surface area contributed by atoms with Crippen molar-refractivity contribution in [3.63, 3.8) is 0 Å². The molecule has 25 heavy (non-hydrogen) atoms. The second-order valence-electron chi connectivity index (χ2n) is 4.68. The molecule has 16 heteroatoms. The van der Waals surface area contributed by atoms with Crippen molar-refractivity contribution in [2.75, 3.05) is 0 Å². The highest BCUT2D eigenvalue weighted by molar-refractivity contribution is 5.77. The van der Waals surface area contributed by atoms with Gasteiger partial charge in [-0.1, -0.05) is 0 Å². The lowest BCUT2D eigenvalue weighted by Crippen LogP contribution is -2.73. The average Bonchev–Trinajstić information content (AvgIpc) is 2.35. The lowest BCUT2D eigenvalue weighted by molar-refractivity contribution is -0.428. The highest BCUT2D eigenvalue weighted by atomic mass is 19.4. The summed E-state index contributed by atoms with van der Waals surface area (Å²) in [5, 5.41) is 7.65. The molecule has 0 aliphatic rings. The number of hydrogen-bond donors (Lipinski definition) is 1. The molecule has 2 nitrogen and oxygen atoms in total. The van der Waals surface area contributed by atoms with E-state index in [0.29, 0.717) is 0 Å². The lowest BCUT2D eigenvalue weighted by atomic mass is 9.86. The van der Waals surface area contributed by atoms with Crippen molar-refractivity contribution in [3.05, 3.63) is 0 Å². The smallest absolute Gasteiger partial charge is 0.428 e. The number of halogens is 14. The first-order chi connectivity index (χ1) is 10.4. The molecule has 0 aliphatic carbocycles. The molecule has 0 saturated heterocycles. The van der Waals surface area contributed by atoms with E-state index in [1.807, 2.05) is 0 Å². The molecule has 0 amide bonds. The largest absolute Gasteiger partial charge is 0.477 e. The van der Waals surface area contributed by atoms with E-state index in [9.17, 15) is 66.3 Å². The third-order valence-electron chi connectivity index (χ3n) is 2.97. The van der Waals surface area contributed by atoms with Crippen LogP contribution >= 0.6 is 0 Å². The van der Waals surface area contributed by atoms with Crippen LogP contribution < -0.4 is 0 Å². The number of aliphatic carboxylic acids is 1. The molecule has 0 aromatic rings. The Labute approximate surface area is 127 Å². The number of carboxylic acid groups (broad SMARTS) is 1. The van der Waals surface area contributed by atoms with Gasteiger partial charge < -0.3 is 5.11 Å². The molecular weight excluding hydrogens is 406 g/mol. The molecule has 0 heterocycles. The summed E-state index contributed by atoms with van der Waals surface area (Å²) in [5.74, 6) is -43.1. The highest BCUT2D eigenvalue weighted by Gasteiger charge is 2.92. The van der Waals surface area contributed by atoms with E-state index in [4.69, 9.17) is 5.11 Å². The fourth-order valence-electron chi connectivity index (χ4n) is 1.20. The second kappa shape index (κ2) is 5.49. The predicted molar refractivity (Wildman–Crippen MR) is 47.9 cm³/mol. The molecule has 0 rings (SSSR count). The van der Waals surface area contributed by atoms with Gasteiger partial charge in [0.15, 0.2) is 0 Å². The quantitative estimate of drug-likeness (QED) is 0.654. The minimum Gasteiger partial charge on any atom is -0.477 e. The van der Waals surface area contributed by atoms with Gasteiger partial charge in [0.2, 0.25) is 0 Å². The van der Waals surface area contributed by atoms with Gasteiger partial charge in [0.05, 0.1) is 0 Å². The van der Waals surface area contributed by atoms with Crippen LogP contribution in [0.4, 0.5) is 61.5 Å². The van der Waals surface area contributed by atoms with Gasteiger partial charge in [0, 0.05) is 0 Å². The second-order valence-corrected chi connectivity index (χ2v) is 4.68. The SMILES string of the molecule is CC(F)(C(F)(F)F)C(F)(F)C(F)(F)C(F)(F)C(F)(F)C(F)(F)C(=O)O. The Morgan fingerprint density at radius 2 is 0.880 bits per heavy atom. The Morgan fingerprint density at radius 3 is 1.12 bits per heavy atom. The van der Waals surface area contributed by atoms with Crippen LogP contribution in [-0.4, -0.2) is 52.5 Å². The maximum atomic E-state index is 13.0. The Kier molecular flexibility index (Phi) is 5.16. The van der Waals surface area contributed by atoms with Crippen LogP contribution in [-0.2, 0) is 4.79 Å². The highest BCUT2D eigenvalue weighted by Crippen LogP contribution is 2.61. The van der Waals surface area contributed by atoms with E-state index in [2.05, 4.69) is 0 Å². The Morgan fingerprint density at radius 1 is 0.600 bits per heavy atom. The number of alkyl halides is 14. The van der Waals surface area contributed by atoms with Crippen molar-refractivity contribution in [2.24, 2.45) is 0 Å². The van der Waals surface area contributed by atoms with Crippen LogP contribution in [0.3, 0.4) is 0 Å². The van der Waals surface area contributed by atoms with Crippen molar-refractivity contribution in [1.29, 1.82) is 0 Å². The maximum Gasteiger partial charge on any atom is 0.428 e. The zero-order valence-electron chi connectivity index (χ0n) is 11.1. The van der Waals surface area contributed by atoms with Crippen LogP contribution in [0.25, 0.3) is 0 Å². The molecule has 0 bridgehead atoms. The van der Waals surface area contributed by atoms with Crippen molar-refractivity contribution >= 4 is 5.97 Å². The summed E-state index contributed by atoms with van der Waals surface area (Å²) in [7, 11) is 0. The van der Waals surface area contributed by atoms with Crippen LogP contribution in [0.15, 0.2) is 0 Å². The topological polar surface area (TPSA) is 37.3 Å². The van der Waals surface area contributed by atoms with Gasteiger partial charge in [-0.05, 0) is 6.92 Å². The molecule has 0 spiro atoms. The van der Waals surface area contributed by atoms with E-state index in [-0.39, 0.29) is 0 Å². The number of hydrogen-bond acceptors (Lipinski definition) is 1. The van der Waals surface area contributed by atoms with Gasteiger partial charge in [-0.3, -0.25) is 0 Å². The van der Waals surface area contributed by atoms with Gasteiger partial charge >= 0.3 is 41.8 Å². The molecule has 1 atom stereocenters. The van der Waals surface area contributed by atoms with Crippen molar-refractivity contribution < 1.29 is 71.4 Å². The summed E-state index contributed by atoms with van der Waals surface area (Å²) in [6.45, 7) is -1.43. The third kappa shape index (κ3) is 2.76. The maximum absolute atomic E-state index is 13.0. The molecule has 0 radical (unpaired) electrons. The minimum absolute atomic E-state index is 1.43.